The van der Waals surface area contributed by atoms with Gasteiger partial charge in [0.25, 0.3) is 0 Å². The van der Waals surface area contributed by atoms with Gasteiger partial charge in [-0.1, -0.05) is 48.5 Å². The van der Waals surface area contributed by atoms with E-state index in [1.807, 2.05) is 48.5 Å². The summed E-state index contributed by atoms with van der Waals surface area (Å²) in [5, 5.41) is 9.21. The third-order valence-electron chi connectivity index (χ3n) is 4.27. The van der Waals surface area contributed by atoms with Crippen molar-refractivity contribution in [3.8, 4) is 5.75 Å². The van der Waals surface area contributed by atoms with Crippen LogP contribution in [0.25, 0.3) is 0 Å². The molecule has 0 amide bonds. The van der Waals surface area contributed by atoms with Gasteiger partial charge in [-0.25, -0.2) is 0 Å². The van der Waals surface area contributed by atoms with Gasteiger partial charge in [0, 0.05) is 12.6 Å². The Bertz CT molecular complexity index is 500. The number of nitrogens with zero attached hydrogens (tertiary/aromatic N) is 1. The third kappa shape index (κ3) is 6.05. The van der Waals surface area contributed by atoms with E-state index in [1.165, 1.54) is 18.4 Å². The molecule has 1 unspecified atom stereocenters. The molecule has 0 saturated carbocycles. The molecule has 1 fully saturated rings. The molecule has 0 radical (unpaired) electrons. The Morgan fingerprint density at radius 1 is 1.04 bits per heavy atom. The Balaban J connectivity index is 0.000000268. The van der Waals surface area contributed by atoms with Crippen LogP contribution in [0, 0.1) is 0 Å². The van der Waals surface area contributed by atoms with Crippen molar-refractivity contribution in [2.75, 3.05) is 20.4 Å². The molecule has 1 aliphatic heterocycles. The molecule has 0 bridgehead atoms. The third-order valence-corrected chi connectivity index (χ3v) is 4.27. The Kier molecular flexibility index (Phi) is 7.64. The fourth-order valence-corrected chi connectivity index (χ4v) is 2.92. The van der Waals surface area contributed by atoms with Gasteiger partial charge in [0.05, 0.1) is 13.8 Å². The molecule has 1 N–H and O–H groups in total. The van der Waals surface area contributed by atoms with Gasteiger partial charge in [-0.3, -0.25) is 4.90 Å². The molecule has 2 aromatic rings. The molecule has 0 spiro atoms. The number of hydrogen-bond acceptors (Lipinski definition) is 3. The lowest BCUT2D eigenvalue weighted by atomic mass is 10.0. The van der Waals surface area contributed by atoms with Gasteiger partial charge < -0.3 is 9.84 Å². The largest absolute Gasteiger partial charge is 0.497 e. The van der Waals surface area contributed by atoms with Crippen molar-refractivity contribution >= 4 is 0 Å². The summed E-state index contributed by atoms with van der Waals surface area (Å²) in [5.41, 5.74) is 1.34. The van der Waals surface area contributed by atoms with Crippen molar-refractivity contribution in [3.05, 3.63) is 66.2 Å². The van der Waals surface area contributed by atoms with Gasteiger partial charge in [-0.2, -0.15) is 0 Å². The predicted molar refractivity (Wildman–Crippen MR) is 94.6 cm³/mol. The average Bonchev–Trinajstić information content (AvgIpc) is 3.10. The highest BCUT2D eigenvalue weighted by atomic mass is 16.5. The zero-order valence-corrected chi connectivity index (χ0v) is 13.9. The Hall–Kier alpha value is -1.84. The number of methoxy groups -OCH3 is 1. The van der Waals surface area contributed by atoms with Gasteiger partial charge in [-0.15, -0.1) is 0 Å². The van der Waals surface area contributed by atoms with Crippen LogP contribution in [-0.4, -0.2) is 36.4 Å². The van der Waals surface area contributed by atoms with Crippen molar-refractivity contribution < 1.29 is 9.84 Å². The van der Waals surface area contributed by atoms with Crippen molar-refractivity contribution in [1.82, 2.24) is 4.90 Å². The number of benzene rings is 2. The van der Waals surface area contributed by atoms with E-state index >= 15 is 0 Å². The van der Waals surface area contributed by atoms with Crippen LogP contribution in [0.5, 0.6) is 5.75 Å². The second-order valence-electron chi connectivity index (χ2n) is 5.79. The SMILES string of the molecule is COc1ccc(CCC2CCCN2CO)cc1.c1ccccc1. The summed E-state index contributed by atoms with van der Waals surface area (Å²) in [5.74, 6) is 0.909. The van der Waals surface area contributed by atoms with Crippen LogP contribution in [0.4, 0.5) is 0 Å². The number of ether oxygens (including phenoxy) is 1. The first kappa shape index (κ1) is 17.5. The normalized spacial score (nSPS) is 17.4. The molecule has 2 aromatic carbocycles. The summed E-state index contributed by atoms with van der Waals surface area (Å²) in [6.07, 6.45) is 4.64. The lowest BCUT2D eigenvalue weighted by molar-refractivity contribution is 0.0931. The van der Waals surface area contributed by atoms with Gasteiger partial charge in [0.15, 0.2) is 0 Å². The minimum atomic E-state index is 0.202. The molecule has 1 heterocycles. The van der Waals surface area contributed by atoms with Gasteiger partial charge in [0.2, 0.25) is 0 Å². The summed E-state index contributed by atoms with van der Waals surface area (Å²) in [6.45, 7) is 1.25. The Morgan fingerprint density at radius 2 is 1.65 bits per heavy atom. The van der Waals surface area contributed by atoms with Crippen molar-refractivity contribution in [2.24, 2.45) is 0 Å². The van der Waals surface area contributed by atoms with Crippen molar-refractivity contribution in [2.45, 2.75) is 31.7 Å². The van der Waals surface area contributed by atoms with Crippen LogP contribution in [0.15, 0.2) is 60.7 Å². The monoisotopic (exact) mass is 313 g/mol. The zero-order chi connectivity index (χ0) is 16.3. The highest BCUT2D eigenvalue weighted by molar-refractivity contribution is 5.27. The number of aliphatic hydroxyl groups is 1. The second-order valence-corrected chi connectivity index (χ2v) is 5.79. The van der Waals surface area contributed by atoms with Crippen LogP contribution < -0.4 is 4.74 Å². The van der Waals surface area contributed by atoms with Crippen molar-refractivity contribution in [3.63, 3.8) is 0 Å². The van der Waals surface area contributed by atoms with E-state index in [2.05, 4.69) is 17.0 Å². The maximum Gasteiger partial charge on any atom is 0.118 e. The molecular formula is C20H27NO2. The van der Waals surface area contributed by atoms with E-state index in [9.17, 15) is 5.11 Å². The van der Waals surface area contributed by atoms with Crippen LogP contribution >= 0.6 is 0 Å². The highest BCUT2D eigenvalue weighted by Crippen LogP contribution is 2.21. The molecular weight excluding hydrogens is 286 g/mol. The minimum absolute atomic E-state index is 0.202. The van der Waals surface area contributed by atoms with Gasteiger partial charge in [0.1, 0.15) is 5.75 Å². The van der Waals surface area contributed by atoms with E-state index in [4.69, 9.17) is 4.74 Å². The van der Waals surface area contributed by atoms with Crippen molar-refractivity contribution in [1.29, 1.82) is 0 Å². The molecule has 0 aromatic heterocycles. The van der Waals surface area contributed by atoms with Crippen LogP contribution in [0.2, 0.25) is 0 Å². The molecule has 23 heavy (non-hydrogen) atoms. The summed E-state index contributed by atoms with van der Waals surface area (Å²) < 4.78 is 5.14. The summed E-state index contributed by atoms with van der Waals surface area (Å²) >= 11 is 0. The van der Waals surface area contributed by atoms with Crippen LogP contribution in [0.3, 0.4) is 0 Å². The van der Waals surface area contributed by atoms with E-state index in [1.54, 1.807) is 7.11 Å². The highest BCUT2D eigenvalue weighted by Gasteiger charge is 2.22. The first-order valence-corrected chi connectivity index (χ1v) is 8.31. The lowest BCUT2D eigenvalue weighted by Crippen LogP contribution is -2.30. The Morgan fingerprint density at radius 3 is 2.17 bits per heavy atom. The number of aliphatic hydroxyl groups excluding tert-OH is 1. The molecule has 3 heteroatoms. The van der Waals surface area contributed by atoms with Crippen LogP contribution in [-0.2, 0) is 6.42 Å². The summed E-state index contributed by atoms with van der Waals surface area (Å²) in [6, 6.07) is 20.8. The maximum atomic E-state index is 9.21. The molecule has 1 aliphatic rings. The average molecular weight is 313 g/mol. The lowest BCUT2D eigenvalue weighted by Gasteiger charge is -2.21. The number of rotatable bonds is 5. The predicted octanol–water partition coefficient (Wildman–Crippen LogP) is 3.73. The van der Waals surface area contributed by atoms with Gasteiger partial charge >= 0.3 is 0 Å². The first-order chi connectivity index (χ1) is 11.3. The number of aryl methyl sites for hydroxylation is 1. The molecule has 3 rings (SSSR count). The standard InChI is InChI=1S/C14H21NO2.C6H6/c1-17-14-8-5-12(6-9-14)4-7-13-3-2-10-15(13)11-16;1-2-4-6-5-3-1/h5-6,8-9,13,16H,2-4,7,10-11H2,1H3;1-6H. The summed E-state index contributed by atoms with van der Waals surface area (Å²) in [7, 11) is 1.69. The minimum Gasteiger partial charge on any atom is -0.497 e. The van der Waals surface area contributed by atoms with Crippen LogP contribution in [0.1, 0.15) is 24.8 Å². The fraction of sp³-hybridized carbons (Fsp3) is 0.400. The van der Waals surface area contributed by atoms with E-state index < -0.39 is 0 Å². The Labute approximate surface area is 139 Å². The van der Waals surface area contributed by atoms with E-state index in [0.29, 0.717) is 6.04 Å². The molecule has 1 atom stereocenters. The first-order valence-electron chi connectivity index (χ1n) is 8.31. The smallest absolute Gasteiger partial charge is 0.118 e. The second kappa shape index (κ2) is 10.0. The maximum absolute atomic E-state index is 9.21. The van der Waals surface area contributed by atoms with E-state index in [0.717, 1.165) is 25.1 Å². The van der Waals surface area contributed by atoms with Gasteiger partial charge in [-0.05, 0) is 43.4 Å². The fourth-order valence-electron chi connectivity index (χ4n) is 2.92. The molecule has 0 aliphatic carbocycles. The zero-order valence-electron chi connectivity index (χ0n) is 13.9. The topological polar surface area (TPSA) is 32.7 Å². The number of hydrogen-bond donors (Lipinski definition) is 1. The summed E-state index contributed by atoms with van der Waals surface area (Å²) in [4.78, 5) is 2.17. The number of likely N-dealkylation sites (tertiary alicyclic amines) is 1. The molecule has 3 nitrogen and oxygen atoms in total. The molecule has 124 valence electrons. The quantitative estimate of drug-likeness (QED) is 0.913. The molecule has 1 saturated heterocycles. The van der Waals surface area contributed by atoms with E-state index in [-0.39, 0.29) is 6.73 Å².